The second kappa shape index (κ2) is 5.76. The lowest BCUT2D eigenvalue weighted by Crippen LogP contribution is -2.05. The highest BCUT2D eigenvalue weighted by Gasteiger charge is 2.17. The lowest BCUT2D eigenvalue weighted by Gasteiger charge is -2.09. The Morgan fingerprint density at radius 2 is 1.89 bits per heavy atom. The Labute approximate surface area is 118 Å². The minimum absolute atomic E-state index is 0.432. The molecule has 0 amide bonds. The van der Waals surface area contributed by atoms with E-state index in [1.54, 1.807) is 0 Å². The Kier molecular flexibility index (Phi) is 4.27. The van der Waals surface area contributed by atoms with Gasteiger partial charge in [0.25, 0.3) is 0 Å². The van der Waals surface area contributed by atoms with Crippen LogP contribution in [-0.4, -0.2) is 14.9 Å². The standard InChI is InChI=1S/C15H19ClN2O/c1-4-14(19)15-10(2)17-18(11(15)3)9-12-5-7-13(16)8-6-12/h5-8,14,19H,4,9H2,1-3H3. The highest BCUT2D eigenvalue weighted by molar-refractivity contribution is 6.30. The Bertz CT molecular complexity index is 560. The Morgan fingerprint density at radius 3 is 2.47 bits per heavy atom. The molecular weight excluding hydrogens is 260 g/mol. The average Bonchev–Trinajstić information content (AvgIpc) is 2.66. The molecular formula is C15H19ClN2O. The number of aliphatic hydroxyl groups excluding tert-OH is 1. The van der Waals surface area contributed by atoms with Gasteiger partial charge in [-0.05, 0) is 38.0 Å². The van der Waals surface area contributed by atoms with Gasteiger partial charge in [-0.3, -0.25) is 4.68 Å². The monoisotopic (exact) mass is 278 g/mol. The fourth-order valence-corrected chi connectivity index (χ4v) is 2.44. The quantitative estimate of drug-likeness (QED) is 0.927. The summed E-state index contributed by atoms with van der Waals surface area (Å²) in [5.74, 6) is 0. The summed E-state index contributed by atoms with van der Waals surface area (Å²) in [7, 11) is 0. The van der Waals surface area contributed by atoms with Crippen molar-refractivity contribution in [2.45, 2.75) is 39.8 Å². The highest BCUT2D eigenvalue weighted by Crippen LogP contribution is 2.24. The number of halogens is 1. The molecule has 1 atom stereocenters. The summed E-state index contributed by atoms with van der Waals surface area (Å²) in [6.45, 7) is 6.62. The second-order valence-electron chi connectivity index (χ2n) is 4.79. The molecule has 1 heterocycles. The van der Waals surface area contributed by atoms with E-state index in [0.29, 0.717) is 13.0 Å². The number of nitrogens with zero attached hydrogens (tertiary/aromatic N) is 2. The normalized spacial score (nSPS) is 12.7. The van der Waals surface area contributed by atoms with Gasteiger partial charge >= 0.3 is 0 Å². The van der Waals surface area contributed by atoms with Gasteiger partial charge in [0.15, 0.2) is 0 Å². The van der Waals surface area contributed by atoms with Crippen LogP contribution in [0, 0.1) is 13.8 Å². The first-order valence-electron chi connectivity index (χ1n) is 6.49. The summed E-state index contributed by atoms with van der Waals surface area (Å²) in [5.41, 5.74) is 4.03. The van der Waals surface area contributed by atoms with E-state index in [1.165, 1.54) is 0 Å². The molecule has 0 spiro atoms. The minimum atomic E-state index is -0.432. The predicted octanol–water partition coefficient (Wildman–Crippen LogP) is 3.65. The van der Waals surface area contributed by atoms with Crippen LogP contribution in [0.3, 0.4) is 0 Å². The van der Waals surface area contributed by atoms with E-state index < -0.39 is 6.10 Å². The molecule has 19 heavy (non-hydrogen) atoms. The molecule has 1 aromatic heterocycles. The molecule has 1 N–H and O–H groups in total. The highest BCUT2D eigenvalue weighted by atomic mass is 35.5. The Morgan fingerprint density at radius 1 is 1.26 bits per heavy atom. The van der Waals surface area contributed by atoms with Crippen molar-refractivity contribution < 1.29 is 5.11 Å². The van der Waals surface area contributed by atoms with Crippen LogP contribution in [0.5, 0.6) is 0 Å². The van der Waals surface area contributed by atoms with E-state index in [1.807, 2.05) is 49.7 Å². The van der Waals surface area contributed by atoms with Gasteiger partial charge in [0.05, 0.1) is 18.3 Å². The molecule has 3 nitrogen and oxygen atoms in total. The van der Waals surface area contributed by atoms with Crippen LogP contribution in [0.4, 0.5) is 0 Å². The molecule has 102 valence electrons. The molecule has 0 saturated carbocycles. The number of rotatable bonds is 4. The van der Waals surface area contributed by atoms with Crippen LogP contribution in [-0.2, 0) is 6.54 Å². The molecule has 0 radical (unpaired) electrons. The zero-order chi connectivity index (χ0) is 14.0. The number of hydrogen-bond acceptors (Lipinski definition) is 2. The van der Waals surface area contributed by atoms with Crippen molar-refractivity contribution in [3.8, 4) is 0 Å². The zero-order valence-corrected chi connectivity index (χ0v) is 12.3. The van der Waals surface area contributed by atoms with Gasteiger partial charge in [-0.15, -0.1) is 0 Å². The summed E-state index contributed by atoms with van der Waals surface area (Å²) >= 11 is 5.88. The van der Waals surface area contributed by atoms with Gasteiger partial charge in [0, 0.05) is 16.3 Å². The first kappa shape index (κ1) is 14.1. The van der Waals surface area contributed by atoms with Crippen molar-refractivity contribution in [3.63, 3.8) is 0 Å². The third-order valence-electron chi connectivity index (χ3n) is 3.40. The van der Waals surface area contributed by atoms with Crippen molar-refractivity contribution in [3.05, 3.63) is 51.8 Å². The van der Waals surface area contributed by atoms with Crippen molar-refractivity contribution in [1.29, 1.82) is 0 Å². The average molecular weight is 279 g/mol. The fraction of sp³-hybridized carbons (Fsp3) is 0.400. The summed E-state index contributed by atoms with van der Waals surface area (Å²) in [5, 5.41) is 15.3. The lowest BCUT2D eigenvalue weighted by atomic mass is 10.1. The third-order valence-corrected chi connectivity index (χ3v) is 3.65. The molecule has 2 rings (SSSR count). The molecule has 0 aliphatic heterocycles. The van der Waals surface area contributed by atoms with Crippen LogP contribution >= 0.6 is 11.6 Å². The van der Waals surface area contributed by atoms with E-state index in [-0.39, 0.29) is 0 Å². The van der Waals surface area contributed by atoms with Crippen LogP contribution in [0.1, 0.15) is 42.0 Å². The van der Waals surface area contributed by atoms with Crippen molar-refractivity contribution in [2.24, 2.45) is 0 Å². The van der Waals surface area contributed by atoms with Crippen LogP contribution in [0.25, 0.3) is 0 Å². The maximum atomic E-state index is 10.0. The first-order chi connectivity index (χ1) is 9.02. The molecule has 2 aromatic rings. The van der Waals surface area contributed by atoms with E-state index in [9.17, 15) is 5.11 Å². The van der Waals surface area contributed by atoms with E-state index in [2.05, 4.69) is 5.10 Å². The first-order valence-corrected chi connectivity index (χ1v) is 6.87. The van der Waals surface area contributed by atoms with Crippen LogP contribution < -0.4 is 0 Å². The van der Waals surface area contributed by atoms with Gasteiger partial charge in [0.1, 0.15) is 0 Å². The Hall–Kier alpha value is -1.32. The predicted molar refractivity (Wildman–Crippen MR) is 77.5 cm³/mol. The number of aliphatic hydroxyl groups is 1. The molecule has 1 unspecified atom stereocenters. The molecule has 1 aromatic carbocycles. The van der Waals surface area contributed by atoms with Gasteiger partial charge in [-0.1, -0.05) is 30.7 Å². The molecule has 0 aliphatic carbocycles. The van der Waals surface area contributed by atoms with Gasteiger partial charge in [-0.2, -0.15) is 5.10 Å². The SMILES string of the molecule is CCC(O)c1c(C)nn(Cc2ccc(Cl)cc2)c1C. The maximum Gasteiger partial charge on any atom is 0.0823 e. The maximum absolute atomic E-state index is 10.0. The number of aryl methyl sites for hydroxylation is 1. The van der Waals surface area contributed by atoms with Crippen molar-refractivity contribution in [1.82, 2.24) is 9.78 Å². The van der Waals surface area contributed by atoms with E-state index in [0.717, 1.165) is 27.5 Å². The van der Waals surface area contributed by atoms with Gasteiger partial charge < -0.3 is 5.11 Å². The fourth-order valence-electron chi connectivity index (χ4n) is 2.31. The number of aromatic nitrogens is 2. The van der Waals surface area contributed by atoms with Gasteiger partial charge in [0.2, 0.25) is 0 Å². The second-order valence-corrected chi connectivity index (χ2v) is 5.23. The van der Waals surface area contributed by atoms with Crippen LogP contribution in [0.2, 0.25) is 5.02 Å². The summed E-state index contributed by atoms with van der Waals surface area (Å²) in [6, 6.07) is 7.75. The lowest BCUT2D eigenvalue weighted by molar-refractivity contribution is 0.172. The summed E-state index contributed by atoms with van der Waals surface area (Å²) < 4.78 is 1.94. The van der Waals surface area contributed by atoms with E-state index >= 15 is 0 Å². The third kappa shape index (κ3) is 2.99. The molecule has 0 saturated heterocycles. The smallest absolute Gasteiger partial charge is 0.0823 e. The largest absolute Gasteiger partial charge is 0.388 e. The number of hydrogen-bond donors (Lipinski definition) is 1. The summed E-state index contributed by atoms with van der Waals surface area (Å²) in [4.78, 5) is 0. The Balaban J connectivity index is 2.29. The number of benzene rings is 1. The van der Waals surface area contributed by atoms with Gasteiger partial charge in [-0.25, -0.2) is 0 Å². The van der Waals surface area contributed by atoms with Crippen molar-refractivity contribution in [2.75, 3.05) is 0 Å². The van der Waals surface area contributed by atoms with Crippen molar-refractivity contribution >= 4 is 11.6 Å². The zero-order valence-electron chi connectivity index (χ0n) is 11.5. The summed E-state index contributed by atoms with van der Waals surface area (Å²) in [6.07, 6.45) is 0.271. The van der Waals surface area contributed by atoms with Crippen LogP contribution in [0.15, 0.2) is 24.3 Å². The molecule has 0 fully saturated rings. The molecule has 0 bridgehead atoms. The molecule has 0 aliphatic rings. The topological polar surface area (TPSA) is 38.1 Å². The van der Waals surface area contributed by atoms with E-state index in [4.69, 9.17) is 11.6 Å². The molecule has 4 heteroatoms. The minimum Gasteiger partial charge on any atom is -0.388 e.